The third kappa shape index (κ3) is 6.40. The molecule has 0 atom stereocenters. The quantitative estimate of drug-likeness (QED) is 0.538. The van der Waals surface area contributed by atoms with E-state index in [1.54, 1.807) is 0 Å². The van der Waals surface area contributed by atoms with Gasteiger partial charge in [-0.05, 0) is 11.8 Å². The number of nitrogens with two attached hydrogens (primary N) is 1. The predicted octanol–water partition coefficient (Wildman–Crippen LogP) is 0.712. The second-order valence-electron chi connectivity index (χ2n) is 4.53. The lowest BCUT2D eigenvalue weighted by Crippen LogP contribution is -2.42. The number of hydrogen-bond donors (Lipinski definition) is 1. The molecule has 0 aromatic rings. The highest BCUT2D eigenvalue weighted by molar-refractivity contribution is 5.98. The molecule has 0 aliphatic rings. The van der Waals surface area contributed by atoms with E-state index in [1.807, 2.05) is 27.7 Å². The van der Waals surface area contributed by atoms with Crippen LogP contribution in [-0.4, -0.2) is 31.2 Å². The zero-order chi connectivity index (χ0) is 12.7. The summed E-state index contributed by atoms with van der Waals surface area (Å²) in [7, 11) is 0. The van der Waals surface area contributed by atoms with Crippen LogP contribution in [0.2, 0.25) is 0 Å². The van der Waals surface area contributed by atoms with Crippen molar-refractivity contribution in [2.45, 2.75) is 33.7 Å². The van der Waals surface area contributed by atoms with Gasteiger partial charge in [0.1, 0.15) is 0 Å². The van der Waals surface area contributed by atoms with Crippen LogP contribution in [0.5, 0.6) is 0 Å². The highest BCUT2D eigenvalue weighted by Gasteiger charge is 2.25. The van der Waals surface area contributed by atoms with Gasteiger partial charge < -0.3 is 15.2 Å². The predicted molar refractivity (Wildman–Crippen MR) is 59.6 cm³/mol. The molecule has 5 heteroatoms. The number of ether oxygens (including phenoxy) is 2. The summed E-state index contributed by atoms with van der Waals surface area (Å²) >= 11 is 0. The molecule has 0 bridgehead atoms. The van der Waals surface area contributed by atoms with Crippen LogP contribution in [0, 0.1) is 11.8 Å². The van der Waals surface area contributed by atoms with Gasteiger partial charge in [0.2, 0.25) is 6.04 Å². The molecule has 0 aliphatic heterocycles. The van der Waals surface area contributed by atoms with Gasteiger partial charge in [0.15, 0.2) is 0 Å². The molecule has 0 saturated carbocycles. The Labute approximate surface area is 96.3 Å². The topological polar surface area (TPSA) is 78.6 Å². The molecular formula is C11H21NO4. The summed E-state index contributed by atoms with van der Waals surface area (Å²) in [6.45, 7) is 8.10. The van der Waals surface area contributed by atoms with Gasteiger partial charge in [-0.15, -0.1) is 0 Å². The van der Waals surface area contributed by atoms with Crippen LogP contribution < -0.4 is 5.73 Å². The summed E-state index contributed by atoms with van der Waals surface area (Å²) < 4.78 is 9.66. The van der Waals surface area contributed by atoms with Crippen molar-refractivity contribution >= 4 is 11.9 Å². The van der Waals surface area contributed by atoms with Crippen LogP contribution >= 0.6 is 0 Å². The molecule has 0 aliphatic carbocycles. The van der Waals surface area contributed by atoms with Crippen LogP contribution in [0.3, 0.4) is 0 Å². The Morgan fingerprint density at radius 2 is 1.25 bits per heavy atom. The summed E-state index contributed by atoms with van der Waals surface area (Å²) in [6.07, 6.45) is 0. The zero-order valence-electron chi connectivity index (χ0n) is 10.4. The minimum atomic E-state index is -1.34. The molecule has 0 aromatic carbocycles. The zero-order valence-corrected chi connectivity index (χ0v) is 10.4. The molecule has 0 radical (unpaired) electrons. The average molecular weight is 231 g/mol. The Morgan fingerprint density at radius 1 is 0.938 bits per heavy atom. The second kappa shape index (κ2) is 7.22. The van der Waals surface area contributed by atoms with Crippen LogP contribution in [0.15, 0.2) is 0 Å². The fraction of sp³-hybridized carbons (Fsp3) is 0.818. The van der Waals surface area contributed by atoms with Crippen molar-refractivity contribution in [1.29, 1.82) is 0 Å². The molecule has 16 heavy (non-hydrogen) atoms. The monoisotopic (exact) mass is 231 g/mol. The first-order chi connectivity index (χ1) is 7.34. The molecule has 0 saturated heterocycles. The smallest absolute Gasteiger partial charge is 0.334 e. The molecule has 0 amide bonds. The van der Waals surface area contributed by atoms with Gasteiger partial charge in [-0.2, -0.15) is 0 Å². The van der Waals surface area contributed by atoms with Gasteiger partial charge in [-0.25, -0.2) is 9.59 Å². The largest absolute Gasteiger partial charge is 0.464 e. The molecule has 0 rings (SSSR count). The van der Waals surface area contributed by atoms with Crippen LogP contribution in [0.1, 0.15) is 27.7 Å². The number of carbonyl (C=O) groups excluding carboxylic acids is 2. The van der Waals surface area contributed by atoms with E-state index in [1.165, 1.54) is 0 Å². The Balaban J connectivity index is 3.97. The molecular weight excluding hydrogens is 210 g/mol. The van der Waals surface area contributed by atoms with E-state index >= 15 is 0 Å². The van der Waals surface area contributed by atoms with E-state index in [-0.39, 0.29) is 25.0 Å². The van der Waals surface area contributed by atoms with E-state index in [2.05, 4.69) is 0 Å². The lowest BCUT2D eigenvalue weighted by atomic mass is 10.2. The molecule has 0 spiro atoms. The fourth-order valence-electron chi connectivity index (χ4n) is 0.773. The maximum Gasteiger partial charge on any atom is 0.334 e. The minimum Gasteiger partial charge on any atom is -0.464 e. The van der Waals surface area contributed by atoms with Gasteiger partial charge in [0.25, 0.3) is 0 Å². The minimum absolute atomic E-state index is 0.211. The third-order valence-electron chi connectivity index (χ3n) is 1.63. The number of esters is 2. The first-order valence-corrected chi connectivity index (χ1v) is 5.43. The first-order valence-electron chi connectivity index (χ1n) is 5.43. The number of rotatable bonds is 6. The van der Waals surface area contributed by atoms with E-state index in [0.29, 0.717) is 0 Å². The highest BCUT2D eigenvalue weighted by atomic mass is 16.6. The highest BCUT2D eigenvalue weighted by Crippen LogP contribution is 1.98. The third-order valence-corrected chi connectivity index (χ3v) is 1.63. The lowest BCUT2D eigenvalue weighted by molar-refractivity contribution is -0.158. The van der Waals surface area contributed by atoms with Crippen molar-refractivity contribution in [3.63, 3.8) is 0 Å². The molecule has 0 unspecified atom stereocenters. The van der Waals surface area contributed by atoms with Gasteiger partial charge in [-0.1, -0.05) is 27.7 Å². The molecule has 94 valence electrons. The van der Waals surface area contributed by atoms with Crippen LogP contribution in [0.25, 0.3) is 0 Å². The van der Waals surface area contributed by atoms with Gasteiger partial charge >= 0.3 is 11.9 Å². The van der Waals surface area contributed by atoms with E-state index < -0.39 is 18.0 Å². The number of carbonyl (C=O) groups is 2. The molecule has 0 heterocycles. The van der Waals surface area contributed by atoms with Crippen molar-refractivity contribution < 1.29 is 19.1 Å². The Morgan fingerprint density at radius 3 is 1.50 bits per heavy atom. The van der Waals surface area contributed by atoms with E-state index in [4.69, 9.17) is 15.2 Å². The van der Waals surface area contributed by atoms with E-state index in [9.17, 15) is 9.59 Å². The standard InChI is InChI=1S/C11H21NO4/c1-7(2)5-15-10(13)9(12)11(14)16-6-8(3)4/h7-9H,5-6,12H2,1-4H3. The van der Waals surface area contributed by atoms with Crippen molar-refractivity contribution in [2.24, 2.45) is 17.6 Å². The van der Waals surface area contributed by atoms with Crippen LogP contribution in [-0.2, 0) is 19.1 Å². The Kier molecular flexibility index (Phi) is 6.72. The van der Waals surface area contributed by atoms with E-state index in [0.717, 1.165) is 0 Å². The molecule has 0 aromatic heterocycles. The second-order valence-corrected chi connectivity index (χ2v) is 4.53. The normalized spacial score (nSPS) is 11.0. The first kappa shape index (κ1) is 14.9. The van der Waals surface area contributed by atoms with Crippen molar-refractivity contribution in [3.05, 3.63) is 0 Å². The maximum atomic E-state index is 11.3. The van der Waals surface area contributed by atoms with Gasteiger partial charge in [-0.3, -0.25) is 0 Å². The average Bonchev–Trinajstić information content (AvgIpc) is 2.21. The van der Waals surface area contributed by atoms with Crippen molar-refractivity contribution in [2.75, 3.05) is 13.2 Å². The SMILES string of the molecule is CC(C)COC(=O)C(N)C(=O)OCC(C)C. The summed E-state index contributed by atoms with van der Waals surface area (Å²) in [5.74, 6) is -1.05. The summed E-state index contributed by atoms with van der Waals surface area (Å²) in [5, 5.41) is 0. The van der Waals surface area contributed by atoms with Crippen molar-refractivity contribution in [1.82, 2.24) is 0 Å². The summed E-state index contributed by atoms with van der Waals surface area (Å²) in [5.41, 5.74) is 5.38. The fourth-order valence-corrected chi connectivity index (χ4v) is 0.773. The maximum absolute atomic E-state index is 11.3. The summed E-state index contributed by atoms with van der Waals surface area (Å²) in [4.78, 5) is 22.6. The van der Waals surface area contributed by atoms with Gasteiger partial charge in [0, 0.05) is 0 Å². The molecule has 0 fully saturated rings. The Hall–Kier alpha value is -1.10. The Bertz CT molecular complexity index is 214. The molecule has 5 nitrogen and oxygen atoms in total. The summed E-state index contributed by atoms with van der Waals surface area (Å²) in [6, 6.07) is -1.34. The van der Waals surface area contributed by atoms with Gasteiger partial charge in [0.05, 0.1) is 13.2 Å². The van der Waals surface area contributed by atoms with Crippen LogP contribution in [0.4, 0.5) is 0 Å². The number of hydrogen-bond acceptors (Lipinski definition) is 5. The lowest BCUT2D eigenvalue weighted by Gasteiger charge is -2.13. The molecule has 2 N–H and O–H groups in total. The van der Waals surface area contributed by atoms with Crippen molar-refractivity contribution in [3.8, 4) is 0 Å².